The van der Waals surface area contributed by atoms with Crippen molar-refractivity contribution in [2.75, 3.05) is 0 Å². The zero-order chi connectivity index (χ0) is 35.6. The highest BCUT2D eigenvalue weighted by atomic mass is 14.2. The van der Waals surface area contributed by atoms with Gasteiger partial charge in [-0.15, -0.1) is 0 Å². The number of fused-ring (bicyclic) bond motifs is 7. The highest BCUT2D eigenvalue weighted by Crippen LogP contribution is 2.47. The van der Waals surface area contributed by atoms with Crippen LogP contribution in [0, 0.1) is 0 Å². The molecule has 11 aromatic rings. The molecule has 0 N–H and O–H groups in total. The minimum Gasteiger partial charge on any atom is -0.0616 e. The van der Waals surface area contributed by atoms with Crippen LogP contribution in [0.25, 0.3) is 109 Å². The Balaban J connectivity index is 1.15. The van der Waals surface area contributed by atoms with Crippen LogP contribution in [0.15, 0.2) is 206 Å². The van der Waals surface area contributed by atoms with Crippen LogP contribution in [0.4, 0.5) is 0 Å². The van der Waals surface area contributed by atoms with Gasteiger partial charge in [-0.05, 0) is 121 Å². The molecule has 0 fully saturated rings. The van der Waals surface area contributed by atoms with Gasteiger partial charge in [-0.1, -0.05) is 194 Å². The first-order valence-corrected chi connectivity index (χ1v) is 18.8. The Kier molecular flexibility index (Phi) is 6.97. The largest absolute Gasteiger partial charge is 0.0616 e. The molecule has 0 nitrogen and oxygen atoms in total. The molecule has 0 aliphatic heterocycles. The average Bonchev–Trinajstić information content (AvgIpc) is 3.24. The standard InChI is InChI=1S/C54H34/c1-5-20-43-35(13-1)16-12-26-47(43)54-50-24-9-7-22-48(50)53(49-23-8-10-25-51(49)54)40-18-11-17-38(33-40)46-32-29-37-15-3-6-21-45(37)52(46)41-30-31-44-39(34-41)28-27-36-14-2-4-19-42(36)44/h1-34H. The van der Waals surface area contributed by atoms with Crippen LogP contribution in [-0.2, 0) is 0 Å². The molecule has 0 aliphatic rings. The van der Waals surface area contributed by atoms with Gasteiger partial charge in [0.2, 0.25) is 0 Å². The van der Waals surface area contributed by atoms with Crippen molar-refractivity contribution >= 4 is 64.6 Å². The second-order valence-corrected chi connectivity index (χ2v) is 14.4. The fourth-order valence-corrected chi connectivity index (χ4v) is 9.01. The first-order chi connectivity index (χ1) is 26.8. The molecular formula is C54H34. The Labute approximate surface area is 314 Å². The van der Waals surface area contributed by atoms with E-state index in [-0.39, 0.29) is 0 Å². The molecule has 250 valence electrons. The predicted molar refractivity (Wildman–Crippen MR) is 233 cm³/mol. The van der Waals surface area contributed by atoms with Crippen LogP contribution in [0.5, 0.6) is 0 Å². The molecule has 0 unspecified atom stereocenters. The lowest BCUT2D eigenvalue weighted by molar-refractivity contribution is 1.61. The molecule has 0 radical (unpaired) electrons. The highest BCUT2D eigenvalue weighted by Gasteiger charge is 2.19. The lowest BCUT2D eigenvalue weighted by Gasteiger charge is -2.20. The van der Waals surface area contributed by atoms with Crippen LogP contribution in [-0.4, -0.2) is 0 Å². The van der Waals surface area contributed by atoms with Crippen molar-refractivity contribution in [1.82, 2.24) is 0 Å². The van der Waals surface area contributed by atoms with Crippen molar-refractivity contribution in [2.24, 2.45) is 0 Å². The van der Waals surface area contributed by atoms with Crippen molar-refractivity contribution in [3.63, 3.8) is 0 Å². The first-order valence-electron chi connectivity index (χ1n) is 18.8. The van der Waals surface area contributed by atoms with Gasteiger partial charge in [0, 0.05) is 0 Å². The van der Waals surface area contributed by atoms with Gasteiger partial charge < -0.3 is 0 Å². The fourth-order valence-electron chi connectivity index (χ4n) is 9.01. The van der Waals surface area contributed by atoms with Gasteiger partial charge in [0.05, 0.1) is 0 Å². The maximum absolute atomic E-state index is 2.41. The third-order valence-electron chi connectivity index (χ3n) is 11.4. The molecule has 0 spiro atoms. The predicted octanol–water partition coefficient (Wildman–Crippen LogP) is 15.3. The summed E-state index contributed by atoms with van der Waals surface area (Å²) in [4.78, 5) is 0. The summed E-state index contributed by atoms with van der Waals surface area (Å²) in [7, 11) is 0. The molecule has 0 heteroatoms. The first kappa shape index (κ1) is 30.6. The van der Waals surface area contributed by atoms with Crippen molar-refractivity contribution in [1.29, 1.82) is 0 Å². The molecule has 0 saturated heterocycles. The molecule has 0 saturated carbocycles. The van der Waals surface area contributed by atoms with Gasteiger partial charge in [0.1, 0.15) is 0 Å². The molecule has 0 bridgehead atoms. The summed E-state index contributed by atoms with van der Waals surface area (Å²) in [5, 5.41) is 15.2. The van der Waals surface area contributed by atoms with E-state index in [1.807, 2.05) is 0 Å². The molecule has 54 heavy (non-hydrogen) atoms. The minimum atomic E-state index is 1.21. The topological polar surface area (TPSA) is 0 Å². The van der Waals surface area contributed by atoms with E-state index >= 15 is 0 Å². The summed E-state index contributed by atoms with van der Waals surface area (Å²) in [5.41, 5.74) is 9.98. The van der Waals surface area contributed by atoms with Crippen molar-refractivity contribution < 1.29 is 0 Å². The Morgan fingerprint density at radius 2 is 0.648 bits per heavy atom. The zero-order valence-corrected chi connectivity index (χ0v) is 29.6. The third-order valence-corrected chi connectivity index (χ3v) is 11.4. The van der Waals surface area contributed by atoms with Gasteiger partial charge in [0.25, 0.3) is 0 Å². The van der Waals surface area contributed by atoms with E-state index in [9.17, 15) is 0 Å². The average molecular weight is 683 g/mol. The van der Waals surface area contributed by atoms with Crippen molar-refractivity contribution in [3.8, 4) is 44.5 Å². The summed E-state index contributed by atoms with van der Waals surface area (Å²) in [6.45, 7) is 0. The Morgan fingerprint density at radius 3 is 1.37 bits per heavy atom. The lowest BCUT2D eigenvalue weighted by atomic mass is 9.83. The SMILES string of the molecule is c1cc(-c2ccc3ccccc3c2-c2ccc3c(ccc4ccccc43)c2)cc(-c2c3ccccc3c(-c3cccc4ccccc34)c3ccccc23)c1. The summed E-state index contributed by atoms with van der Waals surface area (Å²) in [6, 6.07) is 76.2. The van der Waals surface area contributed by atoms with E-state index in [0.717, 1.165) is 0 Å². The Bertz CT molecular complexity index is 3210. The second-order valence-electron chi connectivity index (χ2n) is 14.4. The molecule has 0 heterocycles. The quantitative estimate of drug-likeness (QED) is 0.128. The minimum absolute atomic E-state index is 1.21. The van der Waals surface area contributed by atoms with E-state index in [4.69, 9.17) is 0 Å². The maximum Gasteiger partial charge on any atom is -0.00201 e. The molecule has 11 aromatic carbocycles. The second kappa shape index (κ2) is 12.3. The van der Waals surface area contributed by atoms with E-state index in [0.29, 0.717) is 0 Å². The van der Waals surface area contributed by atoms with E-state index in [2.05, 4.69) is 206 Å². The van der Waals surface area contributed by atoms with Crippen LogP contribution < -0.4 is 0 Å². The third kappa shape index (κ3) is 4.78. The van der Waals surface area contributed by atoms with Gasteiger partial charge in [-0.2, -0.15) is 0 Å². The molecule has 0 amide bonds. The molecule has 0 aromatic heterocycles. The summed E-state index contributed by atoms with van der Waals surface area (Å²) in [6.07, 6.45) is 0. The van der Waals surface area contributed by atoms with Gasteiger partial charge >= 0.3 is 0 Å². The van der Waals surface area contributed by atoms with Crippen LogP contribution >= 0.6 is 0 Å². The molecule has 0 aliphatic carbocycles. The Morgan fingerprint density at radius 1 is 0.185 bits per heavy atom. The van der Waals surface area contributed by atoms with Gasteiger partial charge in [0.15, 0.2) is 0 Å². The summed E-state index contributed by atoms with van der Waals surface area (Å²) in [5.74, 6) is 0. The van der Waals surface area contributed by atoms with Crippen LogP contribution in [0.1, 0.15) is 0 Å². The van der Waals surface area contributed by atoms with Crippen LogP contribution in [0.2, 0.25) is 0 Å². The smallest absolute Gasteiger partial charge is 0.00201 e. The molecular weight excluding hydrogens is 649 g/mol. The van der Waals surface area contributed by atoms with Crippen molar-refractivity contribution in [2.45, 2.75) is 0 Å². The van der Waals surface area contributed by atoms with Crippen molar-refractivity contribution in [3.05, 3.63) is 206 Å². The monoisotopic (exact) mass is 682 g/mol. The normalized spacial score (nSPS) is 11.7. The number of hydrogen-bond acceptors (Lipinski definition) is 0. The fraction of sp³-hybridized carbons (Fsp3) is 0. The van der Waals surface area contributed by atoms with Gasteiger partial charge in [-0.3, -0.25) is 0 Å². The maximum atomic E-state index is 2.41. The number of hydrogen-bond donors (Lipinski definition) is 0. The summed E-state index contributed by atoms with van der Waals surface area (Å²) >= 11 is 0. The lowest BCUT2D eigenvalue weighted by Crippen LogP contribution is -1.92. The van der Waals surface area contributed by atoms with Gasteiger partial charge in [-0.25, -0.2) is 0 Å². The number of rotatable bonds is 4. The van der Waals surface area contributed by atoms with E-state index in [1.165, 1.54) is 109 Å². The molecule has 11 rings (SSSR count). The van der Waals surface area contributed by atoms with E-state index < -0.39 is 0 Å². The zero-order valence-electron chi connectivity index (χ0n) is 29.6. The highest BCUT2D eigenvalue weighted by molar-refractivity contribution is 6.23. The summed E-state index contributed by atoms with van der Waals surface area (Å²) < 4.78 is 0. The van der Waals surface area contributed by atoms with Crippen LogP contribution in [0.3, 0.4) is 0 Å². The molecule has 0 atom stereocenters. The van der Waals surface area contributed by atoms with E-state index in [1.54, 1.807) is 0 Å². The number of benzene rings is 11. The Hall–Kier alpha value is -7.02.